The van der Waals surface area contributed by atoms with Gasteiger partial charge in [0, 0.05) is 22.9 Å². The Kier molecular flexibility index (Phi) is 6.55. The van der Waals surface area contributed by atoms with Crippen LogP contribution in [0.15, 0.2) is 95.5 Å². The zero-order valence-corrected chi connectivity index (χ0v) is 19.0. The van der Waals surface area contributed by atoms with Gasteiger partial charge in [-0.25, -0.2) is 4.79 Å². The van der Waals surface area contributed by atoms with Crippen LogP contribution < -0.4 is 5.32 Å². The fraction of sp³-hybridized carbons (Fsp3) is 0.154. The highest BCUT2D eigenvalue weighted by Crippen LogP contribution is 2.47. The number of benzene rings is 3. The number of allylic oxidation sites excluding steroid dienone is 1. The summed E-state index contributed by atoms with van der Waals surface area (Å²) in [5.74, 6) is -0.790. The summed E-state index contributed by atoms with van der Waals surface area (Å²) in [6.07, 6.45) is 2.22. The zero-order valence-electron chi connectivity index (χ0n) is 17.4. The summed E-state index contributed by atoms with van der Waals surface area (Å²) in [5, 5.41) is 14.6. The Morgan fingerprint density at radius 2 is 1.69 bits per heavy atom. The first kappa shape index (κ1) is 22.0. The average Bonchev–Trinajstić information content (AvgIpc) is 2.85. The highest BCUT2D eigenvalue weighted by atomic mass is 35.5. The van der Waals surface area contributed by atoms with Gasteiger partial charge in [-0.2, -0.15) is 5.26 Å². The van der Waals surface area contributed by atoms with Crippen molar-refractivity contribution in [3.63, 3.8) is 0 Å². The van der Waals surface area contributed by atoms with Gasteiger partial charge in [0.15, 0.2) is 0 Å². The maximum absolute atomic E-state index is 13.2. The second kappa shape index (κ2) is 9.52. The van der Waals surface area contributed by atoms with Crippen molar-refractivity contribution in [2.45, 2.75) is 18.1 Å². The summed E-state index contributed by atoms with van der Waals surface area (Å²) >= 11 is 7.96. The number of nitrogens with zero attached hydrogens (tertiary/aromatic N) is 1. The molecule has 0 amide bonds. The van der Waals surface area contributed by atoms with Crippen molar-refractivity contribution in [1.82, 2.24) is 5.32 Å². The highest BCUT2D eigenvalue weighted by molar-refractivity contribution is 8.02. The van der Waals surface area contributed by atoms with Crippen LogP contribution in [0, 0.1) is 11.3 Å². The monoisotopic (exact) mass is 460 g/mol. The normalized spacial score (nSPS) is 20.2. The van der Waals surface area contributed by atoms with Crippen LogP contribution in [0.1, 0.15) is 33.8 Å². The molecule has 3 aromatic rings. The zero-order chi connectivity index (χ0) is 22.6. The molecule has 1 heterocycles. The van der Waals surface area contributed by atoms with Crippen molar-refractivity contribution < 1.29 is 9.53 Å². The number of rotatable bonds is 5. The van der Waals surface area contributed by atoms with Crippen molar-refractivity contribution >= 4 is 29.3 Å². The molecule has 0 saturated heterocycles. The van der Waals surface area contributed by atoms with Crippen LogP contribution in [0.2, 0.25) is 5.02 Å². The summed E-state index contributed by atoms with van der Waals surface area (Å²) < 4.78 is 6.22. The Balaban J connectivity index is 1.86. The Hall–Kier alpha value is -3.20. The molecule has 6 heteroatoms. The van der Waals surface area contributed by atoms with Gasteiger partial charge >= 0.3 is 5.97 Å². The fourth-order valence-electron chi connectivity index (χ4n) is 3.98. The molecule has 0 spiro atoms. The number of hydrogen-bond acceptors (Lipinski definition) is 5. The Labute approximate surface area is 196 Å². The molecule has 0 saturated carbocycles. The predicted molar refractivity (Wildman–Crippen MR) is 128 cm³/mol. The van der Waals surface area contributed by atoms with E-state index in [1.165, 1.54) is 11.8 Å². The molecule has 0 unspecified atom stereocenters. The van der Waals surface area contributed by atoms with Crippen molar-refractivity contribution in [2.24, 2.45) is 0 Å². The molecule has 0 bridgehead atoms. The van der Waals surface area contributed by atoms with E-state index in [-0.39, 0.29) is 5.92 Å². The predicted octanol–water partition coefficient (Wildman–Crippen LogP) is 6.23. The van der Waals surface area contributed by atoms with Crippen LogP contribution >= 0.6 is 23.4 Å². The van der Waals surface area contributed by atoms with E-state index in [4.69, 9.17) is 16.3 Å². The van der Waals surface area contributed by atoms with Gasteiger partial charge in [0.2, 0.25) is 5.72 Å². The maximum Gasteiger partial charge on any atom is 0.340 e. The lowest BCUT2D eigenvalue weighted by atomic mass is 9.80. The van der Waals surface area contributed by atoms with Crippen molar-refractivity contribution in [2.75, 3.05) is 6.26 Å². The Bertz CT molecular complexity index is 1190. The molecular formula is C26H21ClN2O2S. The molecule has 32 heavy (non-hydrogen) atoms. The first-order chi connectivity index (χ1) is 15.6. The van der Waals surface area contributed by atoms with Gasteiger partial charge in [-0.05, 0) is 30.0 Å². The number of thioether (sulfide) groups is 1. The lowest BCUT2D eigenvalue weighted by Crippen LogP contribution is -2.49. The van der Waals surface area contributed by atoms with Gasteiger partial charge in [0.05, 0.1) is 22.2 Å². The fourth-order valence-corrected chi connectivity index (χ4v) is 4.92. The van der Waals surface area contributed by atoms with Gasteiger partial charge in [-0.1, -0.05) is 78.3 Å². The summed E-state index contributed by atoms with van der Waals surface area (Å²) in [6, 6.07) is 28.3. The average molecular weight is 461 g/mol. The second-order valence-corrected chi connectivity index (χ2v) is 8.63. The molecule has 2 atom stereocenters. The van der Waals surface area contributed by atoms with E-state index >= 15 is 0 Å². The molecule has 4 nitrogen and oxygen atoms in total. The highest BCUT2D eigenvalue weighted by Gasteiger charge is 2.46. The molecule has 0 aromatic heterocycles. The molecule has 3 aromatic carbocycles. The molecule has 0 fully saturated rings. The molecule has 0 radical (unpaired) electrons. The number of hydrogen-bond donors (Lipinski definition) is 1. The van der Waals surface area contributed by atoms with Crippen molar-refractivity contribution in [3.05, 3.63) is 117 Å². The number of carbonyl (C=O) groups is 1. The minimum Gasteiger partial charge on any atom is -0.431 e. The lowest BCUT2D eigenvalue weighted by molar-refractivity contribution is -0.0455. The third kappa shape index (κ3) is 4.25. The number of nitrogens with one attached hydrogen (secondary N) is 1. The molecule has 1 aliphatic heterocycles. The molecule has 1 aliphatic rings. The minimum atomic E-state index is -1.17. The minimum absolute atomic E-state index is 0.326. The topological polar surface area (TPSA) is 62.1 Å². The molecule has 160 valence electrons. The lowest BCUT2D eigenvalue weighted by Gasteiger charge is -2.42. The number of esters is 1. The van der Waals surface area contributed by atoms with Crippen LogP contribution in [-0.2, 0) is 10.5 Å². The summed E-state index contributed by atoms with van der Waals surface area (Å²) in [6.45, 7) is 0. The third-order valence-corrected chi connectivity index (χ3v) is 6.60. The first-order valence-corrected chi connectivity index (χ1v) is 11.7. The number of nitriles is 1. The Morgan fingerprint density at radius 1 is 1.06 bits per heavy atom. The molecule has 1 N–H and O–H groups in total. The molecule has 4 rings (SSSR count). The SMILES string of the molecule is CSC1=C(C#N)[C@H](c2ccccc2Cl)C[C@@](OC(=O)c2ccccc2)(c2ccccc2)N1. The quantitative estimate of drug-likeness (QED) is 0.457. The largest absolute Gasteiger partial charge is 0.431 e. The van der Waals surface area contributed by atoms with Crippen molar-refractivity contribution in [3.8, 4) is 6.07 Å². The number of ether oxygens (including phenoxy) is 1. The van der Waals surface area contributed by atoms with Crippen LogP contribution in [0.5, 0.6) is 0 Å². The van der Waals surface area contributed by atoms with E-state index in [9.17, 15) is 10.1 Å². The van der Waals surface area contributed by atoms with Gasteiger partial charge < -0.3 is 10.1 Å². The first-order valence-electron chi connectivity index (χ1n) is 10.1. The van der Waals surface area contributed by atoms with Gasteiger partial charge in [0.25, 0.3) is 0 Å². The number of carbonyl (C=O) groups excluding carboxylic acids is 1. The van der Waals surface area contributed by atoms with E-state index in [0.717, 1.165) is 11.1 Å². The van der Waals surface area contributed by atoms with Crippen molar-refractivity contribution in [1.29, 1.82) is 5.26 Å². The van der Waals surface area contributed by atoms with E-state index in [1.54, 1.807) is 24.3 Å². The standard InChI is InChI=1S/C26H21ClN2O2S/c1-32-24-22(17-28)21(20-14-8-9-15-23(20)27)16-26(29-24,19-12-6-3-7-13-19)31-25(30)18-10-4-2-5-11-18/h2-15,21,29H,16H2,1H3/t21-,26+/m0/s1. The van der Waals surface area contributed by atoms with E-state index < -0.39 is 11.7 Å². The summed E-state index contributed by atoms with van der Waals surface area (Å²) in [4.78, 5) is 13.2. The number of halogens is 1. The Morgan fingerprint density at radius 3 is 2.31 bits per heavy atom. The second-order valence-electron chi connectivity index (χ2n) is 7.41. The van der Waals surface area contributed by atoms with Gasteiger partial charge in [-0.15, -0.1) is 11.8 Å². The smallest absolute Gasteiger partial charge is 0.340 e. The van der Waals surface area contributed by atoms with Gasteiger partial charge in [0.1, 0.15) is 0 Å². The summed E-state index contributed by atoms with van der Waals surface area (Å²) in [7, 11) is 0. The van der Waals surface area contributed by atoms with E-state index in [2.05, 4.69) is 11.4 Å². The van der Waals surface area contributed by atoms with Crippen LogP contribution in [0.25, 0.3) is 0 Å². The van der Waals surface area contributed by atoms with E-state index in [1.807, 2.05) is 66.9 Å². The van der Waals surface area contributed by atoms with Crippen LogP contribution in [-0.4, -0.2) is 12.2 Å². The van der Waals surface area contributed by atoms with Gasteiger partial charge in [-0.3, -0.25) is 0 Å². The molecule has 0 aliphatic carbocycles. The molecular weight excluding hydrogens is 440 g/mol. The summed E-state index contributed by atoms with van der Waals surface area (Å²) in [5.41, 5.74) is 1.49. The van der Waals surface area contributed by atoms with E-state index in [0.29, 0.717) is 27.6 Å². The third-order valence-electron chi connectivity index (χ3n) is 5.52. The van der Waals surface area contributed by atoms with Crippen LogP contribution in [0.3, 0.4) is 0 Å². The van der Waals surface area contributed by atoms with Crippen LogP contribution in [0.4, 0.5) is 0 Å². The maximum atomic E-state index is 13.2.